The third-order valence-corrected chi connectivity index (χ3v) is 6.44. The van der Waals surface area contributed by atoms with Crippen LogP contribution in [0.4, 0.5) is 0 Å². The van der Waals surface area contributed by atoms with Crippen LogP contribution in [-0.2, 0) is 6.54 Å². The molecule has 0 bridgehead atoms. The Bertz CT molecular complexity index is 1460. The molecule has 0 aliphatic carbocycles. The minimum atomic E-state index is -0.620. The molecule has 0 radical (unpaired) electrons. The minimum Gasteiger partial charge on any atom is -0.494 e. The summed E-state index contributed by atoms with van der Waals surface area (Å²) in [5.74, 6) is 0.441. The summed E-state index contributed by atoms with van der Waals surface area (Å²) >= 11 is 6.43. The molecule has 34 heavy (non-hydrogen) atoms. The topological polar surface area (TPSA) is 59.8 Å². The number of halogens is 1. The number of amides is 1. The van der Waals surface area contributed by atoms with Crippen LogP contribution in [0.2, 0.25) is 5.02 Å². The first-order valence-electron chi connectivity index (χ1n) is 11.3. The second kappa shape index (κ2) is 8.99. The van der Waals surface area contributed by atoms with E-state index in [0.29, 0.717) is 33.9 Å². The summed E-state index contributed by atoms with van der Waals surface area (Å²) in [6.07, 6.45) is 0.878. The van der Waals surface area contributed by atoms with Crippen molar-refractivity contribution in [3.05, 3.63) is 110 Å². The Kier molecular flexibility index (Phi) is 5.88. The van der Waals surface area contributed by atoms with Crippen LogP contribution < -0.4 is 10.2 Å². The maximum absolute atomic E-state index is 13.7. The van der Waals surface area contributed by atoms with Gasteiger partial charge in [-0.2, -0.15) is 0 Å². The Morgan fingerprint density at radius 3 is 2.65 bits per heavy atom. The third kappa shape index (κ3) is 3.86. The van der Waals surface area contributed by atoms with E-state index in [0.717, 1.165) is 23.1 Å². The standard InChI is InChI=1S/C28H24ClNO4/c1-3-13-33-20-9-6-8-18(15-20)25-24-26(31)21-14-17(2)11-12-23(21)34-27(24)28(32)30(25)16-19-7-4-5-10-22(19)29/h4-12,14-15,25H,3,13,16H2,1-2H3. The van der Waals surface area contributed by atoms with Gasteiger partial charge in [0.2, 0.25) is 5.76 Å². The largest absolute Gasteiger partial charge is 0.494 e. The minimum absolute atomic E-state index is 0.0817. The van der Waals surface area contributed by atoms with Crippen LogP contribution in [0.25, 0.3) is 11.0 Å². The summed E-state index contributed by atoms with van der Waals surface area (Å²) in [7, 11) is 0. The molecular formula is C28H24ClNO4. The maximum atomic E-state index is 13.7. The number of carbonyl (C=O) groups is 1. The molecule has 2 heterocycles. The number of aryl methyl sites for hydroxylation is 1. The van der Waals surface area contributed by atoms with E-state index in [9.17, 15) is 9.59 Å². The van der Waals surface area contributed by atoms with Gasteiger partial charge in [0.1, 0.15) is 11.3 Å². The lowest BCUT2D eigenvalue weighted by molar-refractivity contribution is 0.0714. The average molecular weight is 474 g/mol. The summed E-state index contributed by atoms with van der Waals surface area (Å²) in [6, 6.07) is 19.7. The molecule has 0 spiro atoms. The quantitative estimate of drug-likeness (QED) is 0.330. The van der Waals surface area contributed by atoms with Crippen LogP contribution in [-0.4, -0.2) is 17.4 Å². The van der Waals surface area contributed by atoms with Crippen LogP contribution >= 0.6 is 11.6 Å². The van der Waals surface area contributed by atoms with Gasteiger partial charge in [0.05, 0.1) is 23.6 Å². The molecule has 0 saturated heterocycles. The Labute approximate surface area is 202 Å². The fourth-order valence-corrected chi connectivity index (χ4v) is 4.64. The Morgan fingerprint density at radius 2 is 1.85 bits per heavy atom. The summed E-state index contributed by atoms with van der Waals surface area (Å²) < 4.78 is 11.9. The molecule has 1 aliphatic rings. The predicted octanol–water partition coefficient (Wildman–Crippen LogP) is 6.29. The monoisotopic (exact) mass is 473 g/mol. The molecule has 1 aliphatic heterocycles. The van der Waals surface area contributed by atoms with Crippen molar-refractivity contribution in [2.75, 3.05) is 6.61 Å². The predicted molar refractivity (Wildman–Crippen MR) is 133 cm³/mol. The van der Waals surface area contributed by atoms with Gasteiger partial charge in [-0.05, 0) is 54.8 Å². The highest BCUT2D eigenvalue weighted by Crippen LogP contribution is 2.40. The van der Waals surface area contributed by atoms with Crippen LogP contribution in [0.1, 0.15) is 52.2 Å². The van der Waals surface area contributed by atoms with Gasteiger partial charge >= 0.3 is 0 Å². The summed E-state index contributed by atoms with van der Waals surface area (Å²) in [6.45, 7) is 4.79. The molecule has 5 rings (SSSR count). The number of hydrogen-bond donors (Lipinski definition) is 0. The SMILES string of the molecule is CCCOc1cccc(C2c3c(oc4ccc(C)cc4c3=O)C(=O)N2Cc2ccccc2Cl)c1. The van der Waals surface area contributed by atoms with Crippen molar-refractivity contribution in [3.63, 3.8) is 0 Å². The van der Waals surface area contributed by atoms with Gasteiger partial charge in [-0.15, -0.1) is 0 Å². The Morgan fingerprint density at radius 1 is 1.03 bits per heavy atom. The normalized spacial score (nSPS) is 15.1. The van der Waals surface area contributed by atoms with Gasteiger partial charge < -0.3 is 14.1 Å². The van der Waals surface area contributed by atoms with Gasteiger partial charge in [0.15, 0.2) is 5.43 Å². The molecular weight excluding hydrogens is 450 g/mol. The van der Waals surface area contributed by atoms with E-state index in [1.54, 1.807) is 23.1 Å². The van der Waals surface area contributed by atoms with Crippen LogP contribution in [0.3, 0.4) is 0 Å². The summed E-state index contributed by atoms with van der Waals surface area (Å²) in [5.41, 5.74) is 3.08. The number of hydrogen-bond acceptors (Lipinski definition) is 4. The van der Waals surface area contributed by atoms with Crippen molar-refractivity contribution in [2.45, 2.75) is 32.9 Å². The molecule has 0 fully saturated rings. The van der Waals surface area contributed by atoms with Gasteiger partial charge in [-0.1, -0.05) is 60.5 Å². The lowest BCUT2D eigenvalue weighted by Gasteiger charge is -2.26. The molecule has 1 aromatic heterocycles. The van der Waals surface area contributed by atoms with Crippen LogP contribution in [0.15, 0.2) is 75.9 Å². The number of benzene rings is 3. The summed E-state index contributed by atoms with van der Waals surface area (Å²) in [5, 5.41) is 1.03. The highest BCUT2D eigenvalue weighted by molar-refractivity contribution is 6.31. The van der Waals surface area contributed by atoms with E-state index in [1.807, 2.05) is 62.4 Å². The first-order valence-corrected chi connectivity index (χ1v) is 11.7. The number of carbonyl (C=O) groups excluding carboxylic acids is 1. The van der Waals surface area contributed by atoms with E-state index in [1.165, 1.54) is 0 Å². The highest BCUT2D eigenvalue weighted by Gasteiger charge is 2.43. The van der Waals surface area contributed by atoms with E-state index >= 15 is 0 Å². The van der Waals surface area contributed by atoms with E-state index in [2.05, 4.69) is 0 Å². The number of rotatable bonds is 6. The molecule has 0 saturated carbocycles. The van der Waals surface area contributed by atoms with Crippen molar-refractivity contribution in [3.8, 4) is 5.75 Å². The smallest absolute Gasteiger partial charge is 0.291 e. The average Bonchev–Trinajstić information content (AvgIpc) is 3.11. The van der Waals surface area contributed by atoms with Crippen molar-refractivity contribution < 1.29 is 13.9 Å². The van der Waals surface area contributed by atoms with Crippen molar-refractivity contribution >= 4 is 28.5 Å². The number of nitrogens with zero attached hydrogens (tertiary/aromatic N) is 1. The molecule has 1 unspecified atom stereocenters. The second-order valence-electron chi connectivity index (χ2n) is 8.52. The maximum Gasteiger partial charge on any atom is 0.291 e. The van der Waals surface area contributed by atoms with E-state index in [4.69, 9.17) is 20.8 Å². The fraction of sp³-hybridized carbons (Fsp3) is 0.214. The van der Waals surface area contributed by atoms with Crippen molar-refractivity contribution in [1.29, 1.82) is 0 Å². The molecule has 0 N–H and O–H groups in total. The Hall–Kier alpha value is -3.57. The molecule has 5 nitrogen and oxygen atoms in total. The zero-order valence-electron chi connectivity index (χ0n) is 19.0. The molecule has 1 amide bonds. The van der Waals surface area contributed by atoms with Gasteiger partial charge in [-0.25, -0.2) is 0 Å². The first-order chi connectivity index (χ1) is 16.5. The van der Waals surface area contributed by atoms with Crippen LogP contribution in [0.5, 0.6) is 5.75 Å². The Balaban J connectivity index is 1.70. The molecule has 1 atom stereocenters. The van der Waals surface area contributed by atoms with Gasteiger partial charge in [0, 0.05) is 11.6 Å². The highest BCUT2D eigenvalue weighted by atomic mass is 35.5. The van der Waals surface area contributed by atoms with Crippen molar-refractivity contribution in [1.82, 2.24) is 4.90 Å². The number of ether oxygens (including phenoxy) is 1. The lowest BCUT2D eigenvalue weighted by atomic mass is 9.97. The molecule has 4 aromatic rings. The fourth-order valence-electron chi connectivity index (χ4n) is 4.45. The second-order valence-corrected chi connectivity index (χ2v) is 8.93. The van der Waals surface area contributed by atoms with Gasteiger partial charge in [0.25, 0.3) is 5.91 Å². The number of fused-ring (bicyclic) bond motifs is 2. The lowest BCUT2D eigenvalue weighted by Crippen LogP contribution is -2.29. The molecule has 172 valence electrons. The van der Waals surface area contributed by atoms with Crippen LogP contribution in [0, 0.1) is 6.92 Å². The summed E-state index contributed by atoms with van der Waals surface area (Å²) in [4.78, 5) is 29.0. The van der Waals surface area contributed by atoms with E-state index < -0.39 is 6.04 Å². The zero-order valence-corrected chi connectivity index (χ0v) is 19.8. The van der Waals surface area contributed by atoms with Crippen molar-refractivity contribution in [2.24, 2.45) is 0 Å². The zero-order chi connectivity index (χ0) is 23.8. The first kappa shape index (κ1) is 22.2. The van der Waals surface area contributed by atoms with Gasteiger partial charge in [-0.3, -0.25) is 9.59 Å². The molecule has 3 aromatic carbocycles. The van der Waals surface area contributed by atoms with E-state index in [-0.39, 0.29) is 23.6 Å². The molecule has 6 heteroatoms. The third-order valence-electron chi connectivity index (χ3n) is 6.07.